The van der Waals surface area contributed by atoms with Crippen LogP contribution in [-0.2, 0) is 9.53 Å². The van der Waals surface area contributed by atoms with Crippen LogP contribution in [0.15, 0.2) is 6.07 Å². The minimum absolute atomic E-state index is 0.0276. The molecule has 5 heteroatoms. The highest BCUT2D eigenvalue weighted by molar-refractivity contribution is 5.74. The lowest BCUT2D eigenvalue weighted by atomic mass is 10.0. The molecule has 3 N–H and O–H groups in total. The van der Waals surface area contributed by atoms with E-state index in [-0.39, 0.29) is 12.6 Å². The Balaban J connectivity index is 2.50. The van der Waals surface area contributed by atoms with E-state index in [2.05, 4.69) is 30.2 Å². The van der Waals surface area contributed by atoms with Gasteiger partial charge < -0.3 is 15.8 Å². The van der Waals surface area contributed by atoms with Crippen molar-refractivity contribution >= 4 is 5.91 Å². The van der Waals surface area contributed by atoms with Crippen molar-refractivity contribution in [3.05, 3.63) is 28.6 Å². The maximum Gasteiger partial charge on any atom is 0.243 e. The summed E-state index contributed by atoms with van der Waals surface area (Å²) in [5, 5.41) is 3.36. The van der Waals surface area contributed by atoms with E-state index in [1.807, 2.05) is 13.8 Å². The molecule has 1 aromatic rings. The number of hydrogen-bond acceptors (Lipinski definition) is 4. The number of pyridine rings is 1. The van der Waals surface area contributed by atoms with Crippen molar-refractivity contribution < 1.29 is 9.53 Å². The van der Waals surface area contributed by atoms with E-state index < -0.39 is 5.91 Å². The van der Waals surface area contributed by atoms with Gasteiger partial charge in [-0.2, -0.15) is 0 Å². The van der Waals surface area contributed by atoms with E-state index in [1.54, 1.807) is 0 Å². The predicted molar refractivity (Wildman–Crippen MR) is 74.9 cm³/mol. The maximum absolute atomic E-state index is 10.5. The molecule has 0 aliphatic carbocycles. The standard InChI is InChI=1S/C14H23N3O2/c1-9-7-10(2)17-12(4)14(9)11(3)16-5-6-19-8-13(15)18/h7,11,16H,5-6,8H2,1-4H3,(H2,15,18). The van der Waals surface area contributed by atoms with Gasteiger partial charge in [0, 0.05) is 24.0 Å². The fourth-order valence-corrected chi connectivity index (χ4v) is 2.31. The number of carbonyl (C=O) groups excluding carboxylic acids is 1. The minimum atomic E-state index is -0.442. The van der Waals surface area contributed by atoms with Crippen molar-refractivity contribution in [2.24, 2.45) is 5.73 Å². The molecule has 0 aliphatic heterocycles. The van der Waals surface area contributed by atoms with E-state index in [0.29, 0.717) is 13.2 Å². The Bertz CT molecular complexity index is 423. The van der Waals surface area contributed by atoms with Gasteiger partial charge in [-0.1, -0.05) is 0 Å². The van der Waals surface area contributed by atoms with Crippen LogP contribution in [0.1, 0.15) is 35.5 Å². The molecule has 1 aromatic heterocycles. The van der Waals surface area contributed by atoms with E-state index in [9.17, 15) is 4.79 Å². The van der Waals surface area contributed by atoms with Crippen molar-refractivity contribution in [1.29, 1.82) is 0 Å². The van der Waals surface area contributed by atoms with Crippen LogP contribution in [0.2, 0.25) is 0 Å². The molecular formula is C14H23N3O2. The number of hydrogen-bond donors (Lipinski definition) is 2. The highest BCUT2D eigenvalue weighted by atomic mass is 16.5. The summed E-state index contributed by atoms with van der Waals surface area (Å²) in [6.45, 7) is 9.32. The molecule has 0 aromatic carbocycles. The van der Waals surface area contributed by atoms with Crippen LogP contribution in [0.25, 0.3) is 0 Å². The van der Waals surface area contributed by atoms with Gasteiger partial charge in [0.15, 0.2) is 0 Å². The van der Waals surface area contributed by atoms with Crippen molar-refractivity contribution in [1.82, 2.24) is 10.3 Å². The van der Waals surface area contributed by atoms with E-state index in [1.165, 1.54) is 11.1 Å². The minimum Gasteiger partial charge on any atom is -0.370 e. The molecule has 0 fully saturated rings. The van der Waals surface area contributed by atoms with Crippen molar-refractivity contribution in [2.75, 3.05) is 19.8 Å². The van der Waals surface area contributed by atoms with Crippen LogP contribution in [0.3, 0.4) is 0 Å². The third-order valence-electron chi connectivity index (χ3n) is 2.96. The average Bonchev–Trinajstić information content (AvgIpc) is 2.26. The maximum atomic E-state index is 10.5. The first-order chi connectivity index (χ1) is 8.91. The highest BCUT2D eigenvalue weighted by Crippen LogP contribution is 2.20. The third kappa shape index (κ3) is 4.96. The Morgan fingerprint density at radius 2 is 2.16 bits per heavy atom. The zero-order valence-electron chi connectivity index (χ0n) is 12.1. The van der Waals surface area contributed by atoms with Gasteiger partial charge >= 0.3 is 0 Å². The summed E-state index contributed by atoms with van der Waals surface area (Å²) < 4.78 is 5.11. The summed E-state index contributed by atoms with van der Waals surface area (Å²) in [5.41, 5.74) is 9.54. The molecule has 0 saturated heterocycles. The lowest BCUT2D eigenvalue weighted by Crippen LogP contribution is -2.27. The largest absolute Gasteiger partial charge is 0.370 e. The first kappa shape index (κ1) is 15.6. The highest BCUT2D eigenvalue weighted by Gasteiger charge is 2.12. The quantitative estimate of drug-likeness (QED) is 0.725. The van der Waals surface area contributed by atoms with Gasteiger partial charge in [0.1, 0.15) is 6.61 Å². The molecule has 0 spiro atoms. The van der Waals surface area contributed by atoms with E-state index >= 15 is 0 Å². The smallest absolute Gasteiger partial charge is 0.243 e. The van der Waals surface area contributed by atoms with Crippen molar-refractivity contribution in [3.8, 4) is 0 Å². The molecule has 1 rings (SSSR count). The van der Waals surface area contributed by atoms with Crippen molar-refractivity contribution in [2.45, 2.75) is 33.7 Å². The van der Waals surface area contributed by atoms with Crippen LogP contribution in [-0.4, -0.2) is 30.6 Å². The molecule has 5 nitrogen and oxygen atoms in total. The summed E-state index contributed by atoms with van der Waals surface area (Å²) in [7, 11) is 0. The van der Waals surface area contributed by atoms with Crippen LogP contribution in [0.5, 0.6) is 0 Å². The van der Waals surface area contributed by atoms with Crippen LogP contribution >= 0.6 is 0 Å². The lowest BCUT2D eigenvalue weighted by Gasteiger charge is -2.19. The van der Waals surface area contributed by atoms with Gasteiger partial charge in [-0.15, -0.1) is 0 Å². The number of nitrogens with two attached hydrogens (primary N) is 1. The lowest BCUT2D eigenvalue weighted by molar-refractivity contribution is -0.122. The van der Waals surface area contributed by atoms with E-state index in [4.69, 9.17) is 10.5 Å². The fraction of sp³-hybridized carbons (Fsp3) is 0.571. The Kier molecular flexibility index (Phi) is 5.92. The molecule has 0 bridgehead atoms. The van der Waals surface area contributed by atoms with Gasteiger partial charge in [-0.3, -0.25) is 9.78 Å². The first-order valence-electron chi connectivity index (χ1n) is 6.46. The number of nitrogens with one attached hydrogen (secondary N) is 1. The molecule has 0 aliphatic rings. The fourth-order valence-electron chi connectivity index (χ4n) is 2.31. The number of amides is 1. The zero-order valence-corrected chi connectivity index (χ0v) is 12.1. The van der Waals surface area contributed by atoms with Gasteiger partial charge in [0.25, 0.3) is 0 Å². The summed E-state index contributed by atoms with van der Waals surface area (Å²) in [6.07, 6.45) is 0. The Morgan fingerprint density at radius 3 is 2.74 bits per heavy atom. The Hall–Kier alpha value is -1.46. The van der Waals surface area contributed by atoms with Crippen LogP contribution in [0.4, 0.5) is 0 Å². The number of rotatable bonds is 7. The number of aryl methyl sites for hydroxylation is 3. The number of aromatic nitrogens is 1. The van der Waals surface area contributed by atoms with Gasteiger partial charge in [-0.25, -0.2) is 0 Å². The number of nitrogens with zero attached hydrogens (tertiary/aromatic N) is 1. The second-order valence-electron chi connectivity index (χ2n) is 4.77. The number of primary amides is 1. The SMILES string of the molecule is Cc1cc(C)c(C(C)NCCOCC(N)=O)c(C)n1. The molecule has 0 radical (unpaired) electrons. The van der Waals surface area contributed by atoms with E-state index in [0.717, 1.165) is 11.4 Å². The summed E-state index contributed by atoms with van der Waals surface area (Å²) in [5.74, 6) is -0.442. The van der Waals surface area contributed by atoms with Crippen LogP contribution in [0, 0.1) is 20.8 Å². The predicted octanol–water partition coefficient (Wildman–Crippen LogP) is 1.16. The topological polar surface area (TPSA) is 77.2 Å². The zero-order chi connectivity index (χ0) is 14.4. The number of carbonyl (C=O) groups is 1. The van der Waals surface area contributed by atoms with Gasteiger partial charge in [0.2, 0.25) is 5.91 Å². The first-order valence-corrected chi connectivity index (χ1v) is 6.46. The molecule has 1 unspecified atom stereocenters. The van der Waals surface area contributed by atoms with Gasteiger partial charge in [0.05, 0.1) is 6.61 Å². The molecule has 19 heavy (non-hydrogen) atoms. The van der Waals surface area contributed by atoms with Crippen LogP contribution < -0.4 is 11.1 Å². The second-order valence-corrected chi connectivity index (χ2v) is 4.77. The molecule has 1 atom stereocenters. The molecule has 106 valence electrons. The Labute approximate surface area is 114 Å². The summed E-state index contributed by atoms with van der Waals surface area (Å²) in [6, 6.07) is 2.29. The molecular weight excluding hydrogens is 242 g/mol. The second kappa shape index (κ2) is 7.21. The monoisotopic (exact) mass is 265 g/mol. The average molecular weight is 265 g/mol. The van der Waals surface area contributed by atoms with Gasteiger partial charge in [-0.05, 0) is 44.9 Å². The normalized spacial score (nSPS) is 12.4. The Morgan fingerprint density at radius 1 is 1.47 bits per heavy atom. The van der Waals surface area contributed by atoms with Crippen molar-refractivity contribution in [3.63, 3.8) is 0 Å². The molecule has 1 heterocycles. The molecule has 0 saturated carbocycles. The third-order valence-corrected chi connectivity index (χ3v) is 2.96. The number of ether oxygens (including phenoxy) is 1. The molecule has 1 amide bonds. The summed E-state index contributed by atoms with van der Waals surface area (Å²) >= 11 is 0. The summed E-state index contributed by atoms with van der Waals surface area (Å²) in [4.78, 5) is 15.0.